The topological polar surface area (TPSA) is 107 Å². The summed E-state index contributed by atoms with van der Waals surface area (Å²) in [6.07, 6.45) is 1.17. The van der Waals surface area contributed by atoms with Crippen molar-refractivity contribution >= 4 is 33.9 Å². The summed E-state index contributed by atoms with van der Waals surface area (Å²) in [6.45, 7) is 3.55. The number of carbonyl (C=O) groups excluding carboxylic acids is 1. The molecular formula is C15H14BrN3O5. The highest BCUT2D eigenvalue weighted by atomic mass is 79.9. The highest BCUT2D eigenvalue weighted by Gasteiger charge is 2.11. The molecule has 1 aromatic carbocycles. The number of furan rings is 1. The maximum Gasteiger partial charge on any atom is 0.433 e. The molecule has 0 bridgehead atoms. The molecule has 1 amide bonds. The zero-order valence-electron chi connectivity index (χ0n) is 12.9. The molecule has 0 saturated heterocycles. The second-order valence-corrected chi connectivity index (χ2v) is 5.80. The molecule has 9 heteroatoms. The number of nitrogens with one attached hydrogen (secondary N) is 1. The van der Waals surface area contributed by atoms with Gasteiger partial charge >= 0.3 is 5.88 Å². The SMILES string of the molecule is Cc1cc(Br)cc(C)c1OCC(=O)N/N=C\c1ccc([N+](=O)[O-])o1. The number of rotatable bonds is 6. The Balaban J connectivity index is 1.87. The van der Waals surface area contributed by atoms with Crippen LogP contribution in [0.5, 0.6) is 5.75 Å². The number of nitrogens with zero attached hydrogens (tertiary/aromatic N) is 2. The van der Waals surface area contributed by atoms with Crippen molar-refractivity contribution in [3.8, 4) is 5.75 Å². The minimum Gasteiger partial charge on any atom is -0.483 e. The van der Waals surface area contributed by atoms with E-state index in [1.165, 1.54) is 18.3 Å². The number of aryl methyl sites for hydroxylation is 2. The summed E-state index contributed by atoms with van der Waals surface area (Å²) in [5.74, 6) is -0.0668. The van der Waals surface area contributed by atoms with Crippen LogP contribution in [-0.2, 0) is 4.79 Å². The molecule has 0 atom stereocenters. The zero-order chi connectivity index (χ0) is 17.7. The van der Waals surface area contributed by atoms with Gasteiger partial charge in [0.2, 0.25) is 0 Å². The fourth-order valence-electron chi connectivity index (χ4n) is 1.97. The van der Waals surface area contributed by atoms with E-state index in [0.29, 0.717) is 5.75 Å². The van der Waals surface area contributed by atoms with E-state index in [0.717, 1.165) is 15.6 Å². The van der Waals surface area contributed by atoms with Gasteiger partial charge in [0.25, 0.3) is 5.91 Å². The monoisotopic (exact) mass is 395 g/mol. The van der Waals surface area contributed by atoms with Gasteiger partial charge in [0.1, 0.15) is 10.7 Å². The molecule has 0 aliphatic carbocycles. The lowest BCUT2D eigenvalue weighted by Crippen LogP contribution is -2.25. The summed E-state index contributed by atoms with van der Waals surface area (Å²) < 4.78 is 11.3. The molecule has 0 unspecified atom stereocenters. The van der Waals surface area contributed by atoms with Crippen molar-refractivity contribution in [2.45, 2.75) is 13.8 Å². The molecule has 0 spiro atoms. The first kappa shape index (κ1) is 17.7. The minimum atomic E-state index is -0.660. The number of ether oxygens (including phenoxy) is 1. The highest BCUT2D eigenvalue weighted by molar-refractivity contribution is 9.10. The zero-order valence-corrected chi connectivity index (χ0v) is 14.5. The number of halogens is 1. The molecule has 0 aliphatic rings. The van der Waals surface area contributed by atoms with E-state index in [-0.39, 0.29) is 12.4 Å². The van der Waals surface area contributed by atoms with Crippen LogP contribution in [0, 0.1) is 24.0 Å². The average molecular weight is 396 g/mol. The van der Waals surface area contributed by atoms with Crippen molar-refractivity contribution in [1.82, 2.24) is 5.43 Å². The lowest BCUT2D eigenvalue weighted by atomic mass is 10.1. The van der Waals surface area contributed by atoms with Crippen molar-refractivity contribution in [3.63, 3.8) is 0 Å². The average Bonchev–Trinajstić information content (AvgIpc) is 2.95. The van der Waals surface area contributed by atoms with Gasteiger partial charge in [-0.15, -0.1) is 0 Å². The second kappa shape index (κ2) is 7.73. The number of hydrogen-bond donors (Lipinski definition) is 1. The van der Waals surface area contributed by atoms with Gasteiger partial charge in [-0.1, -0.05) is 15.9 Å². The van der Waals surface area contributed by atoms with Crippen molar-refractivity contribution in [3.05, 3.63) is 55.7 Å². The van der Waals surface area contributed by atoms with Crippen molar-refractivity contribution < 1.29 is 18.9 Å². The van der Waals surface area contributed by atoms with Gasteiger partial charge in [-0.25, -0.2) is 5.43 Å². The maximum atomic E-state index is 11.7. The van der Waals surface area contributed by atoms with Gasteiger partial charge in [-0.3, -0.25) is 14.9 Å². The maximum absolute atomic E-state index is 11.7. The summed E-state index contributed by atoms with van der Waals surface area (Å²) in [5, 5.41) is 14.1. The fraction of sp³-hybridized carbons (Fsp3) is 0.200. The number of amides is 1. The molecule has 0 fully saturated rings. The molecule has 2 rings (SSSR count). The largest absolute Gasteiger partial charge is 0.483 e. The third kappa shape index (κ3) is 4.66. The summed E-state index contributed by atoms with van der Waals surface area (Å²) in [7, 11) is 0. The van der Waals surface area contributed by atoms with Crippen LogP contribution >= 0.6 is 15.9 Å². The third-order valence-corrected chi connectivity index (χ3v) is 3.40. The van der Waals surface area contributed by atoms with Gasteiger partial charge in [-0.2, -0.15) is 5.10 Å². The first-order chi connectivity index (χ1) is 11.4. The molecule has 0 saturated carbocycles. The minimum absolute atomic E-state index is 0.155. The van der Waals surface area contributed by atoms with Gasteiger partial charge in [-0.05, 0) is 43.2 Å². The Morgan fingerprint density at radius 2 is 2.08 bits per heavy atom. The lowest BCUT2D eigenvalue weighted by Gasteiger charge is -2.11. The molecule has 2 aromatic rings. The van der Waals surface area contributed by atoms with Crippen LogP contribution in [0.15, 0.2) is 38.3 Å². The van der Waals surface area contributed by atoms with Crippen molar-refractivity contribution in [2.24, 2.45) is 5.10 Å². The Morgan fingerprint density at radius 1 is 1.42 bits per heavy atom. The predicted molar refractivity (Wildman–Crippen MR) is 90.2 cm³/mol. The normalized spacial score (nSPS) is 10.8. The number of nitro groups is 1. The number of hydrogen-bond acceptors (Lipinski definition) is 6. The van der Waals surface area contributed by atoms with Crippen LogP contribution in [0.1, 0.15) is 16.9 Å². The Morgan fingerprint density at radius 3 is 2.67 bits per heavy atom. The van der Waals surface area contributed by atoms with Crippen molar-refractivity contribution in [2.75, 3.05) is 6.61 Å². The van der Waals surface area contributed by atoms with Crippen LogP contribution in [0.25, 0.3) is 0 Å². The predicted octanol–water partition coefficient (Wildman–Crippen LogP) is 3.10. The summed E-state index contributed by atoms with van der Waals surface area (Å²) >= 11 is 3.39. The Kier molecular flexibility index (Phi) is 5.69. The molecule has 126 valence electrons. The van der Waals surface area contributed by atoms with E-state index < -0.39 is 16.7 Å². The number of carbonyl (C=O) groups is 1. The van der Waals surface area contributed by atoms with E-state index in [2.05, 4.69) is 26.5 Å². The number of hydrazone groups is 1. The number of benzene rings is 1. The summed E-state index contributed by atoms with van der Waals surface area (Å²) in [5.41, 5.74) is 4.06. The first-order valence-electron chi connectivity index (χ1n) is 6.82. The van der Waals surface area contributed by atoms with Gasteiger partial charge < -0.3 is 9.15 Å². The molecule has 8 nitrogen and oxygen atoms in total. The van der Waals surface area contributed by atoms with Crippen LogP contribution in [0.4, 0.5) is 5.88 Å². The highest BCUT2D eigenvalue weighted by Crippen LogP contribution is 2.27. The molecule has 1 aromatic heterocycles. The second-order valence-electron chi connectivity index (χ2n) is 4.88. The molecule has 0 radical (unpaired) electrons. The molecule has 0 aliphatic heterocycles. The Hall–Kier alpha value is -2.68. The van der Waals surface area contributed by atoms with Crippen LogP contribution in [0.2, 0.25) is 0 Å². The van der Waals surface area contributed by atoms with E-state index in [4.69, 9.17) is 9.15 Å². The van der Waals surface area contributed by atoms with Crippen LogP contribution in [-0.4, -0.2) is 23.7 Å². The molecule has 1 N–H and O–H groups in total. The van der Waals surface area contributed by atoms with Crippen LogP contribution < -0.4 is 10.2 Å². The Labute approximate surface area is 145 Å². The summed E-state index contributed by atoms with van der Waals surface area (Å²) in [6, 6.07) is 6.36. The van der Waals surface area contributed by atoms with E-state index in [1.54, 1.807) is 0 Å². The lowest BCUT2D eigenvalue weighted by molar-refractivity contribution is -0.402. The van der Waals surface area contributed by atoms with E-state index in [1.807, 2.05) is 26.0 Å². The van der Waals surface area contributed by atoms with Gasteiger partial charge in [0.15, 0.2) is 12.4 Å². The van der Waals surface area contributed by atoms with Crippen molar-refractivity contribution in [1.29, 1.82) is 0 Å². The first-order valence-corrected chi connectivity index (χ1v) is 7.62. The molecular weight excluding hydrogens is 382 g/mol. The fourth-order valence-corrected chi connectivity index (χ4v) is 2.66. The quantitative estimate of drug-likeness (QED) is 0.459. The molecule has 24 heavy (non-hydrogen) atoms. The van der Waals surface area contributed by atoms with Crippen LogP contribution in [0.3, 0.4) is 0 Å². The van der Waals surface area contributed by atoms with E-state index >= 15 is 0 Å². The standard InChI is InChI=1S/C15H14BrN3O5/c1-9-5-11(16)6-10(2)15(9)23-8-13(20)18-17-7-12-3-4-14(24-12)19(21)22/h3-7H,8H2,1-2H3,(H,18,20)/b17-7-. The smallest absolute Gasteiger partial charge is 0.433 e. The van der Waals surface area contributed by atoms with E-state index in [9.17, 15) is 14.9 Å². The van der Waals surface area contributed by atoms with Gasteiger partial charge in [0, 0.05) is 4.47 Å². The Bertz CT molecular complexity index is 777. The summed E-state index contributed by atoms with van der Waals surface area (Å²) in [4.78, 5) is 21.5. The van der Waals surface area contributed by atoms with Gasteiger partial charge in [0.05, 0.1) is 12.3 Å². The molecule has 1 heterocycles. The third-order valence-electron chi connectivity index (χ3n) is 2.95.